The lowest BCUT2D eigenvalue weighted by molar-refractivity contribution is -0.129. The Labute approximate surface area is 233 Å². The van der Waals surface area contributed by atoms with Crippen LogP contribution in [0.15, 0.2) is 73.3 Å². The van der Waals surface area contributed by atoms with Crippen molar-refractivity contribution in [3.8, 4) is 22.6 Å². The first-order valence-corrected chi connectivity index (χ1v) is 12.9. The third-order valence-electron chi connectivity index (χ3n) is 6.93. The summed E-state index contributed by atoms with van der Waals surface area (Å²) in [5.74, 6) is -2.65. The van der Waals surface area contributed by atoms with E-state index in [1.807, 2.05) is 30.3 Å². The van der Waals surface area contributed by atoms with E-state index in [2.05, 4.69) is 25.3 Å². The summed E-state index contributed by atoms with van der Waals surface area (Å²) in [7, 11) is 3.24. The van der Waals surface area contributed by atoms with Gasteiger partial charge in [0.2, 0.25) is 5.91 Å². The molecule has 6 rings (SSSR count). The highest BCUT2D eigenvalue weighted by atomic mass is 19.3. The molecule has 41 heavy (non-hydrogen) atoms. The summed E-state index contributed by atoms with van der Waals surface area (Å²) in [6.07, 6.45) is 5.02. The number of halogens is 2. The van der Waals surface area contributed by atoms with E-state index in [-0.39, 0.29) is 18.1 Å². The topological polar surface area (TPSA) is 112 Å². The summed E-state index contributed by atoms with van der Waals surface area (Å²) in [5, 5.41) is 3.98. The van der Waals surface area contributed by atoms with Gasteiger partial charge in [0.1, 0.15) is 18.1 Å². The molecule has 0 saturated carbocycles. The Kier molecular flexibility index (Phi) is 6.45. The van der Waals surface area contributed by atoms with E-state index in [0.717, 1.165) is 21.8 Å². The van der Waals surface area contributed by atoms with Gasteiger partial charge in [-0.1, -0.05) is 24.3 Å². The summed E-state index contributed by atoms with van der Waals surface area (Å²) in [6.45, 7) is -1.40. The van der Waals surface area contributed by atoms with Crippen molar-refractivity contribution in [2.75, 3.05) is 32.5 Å². The van der Waals surface area contributed by atoms with Gasteiger partial charge in [-0.05, 0) is 35.9 Å². The van der Waals surface area contributed by atoms with Crippen molar-refractivity contribution in [2.24, 2.45) is 0 Å². The molecule has 0 aliphatic carbocycles. The van der Waals surface area contributed by atoms with Gasteiger partial charge in [-0.15, -0.1) is 0 Å². The van der Waals surface area contributed by atoms with Crippen LogP contribution in [0.1, 0.15) is 10.5 Å². The number of hydrogen-bond acceptors (Lipinski definition) is 6. The SMILES string of the molecule is CN(C)C(=O)Cn1c(C(=O)N2CC(F)(F)C2)cc2ccc(-c3nccc(Nc4ccc(-c5cnc[nH]5)cc4)n3)cc21. The largest absolute Gasteiger partial charge is 0.347 e. The van der Waals surface area contributed by atoms with E-state index >= 15 is 0 Å². The number of likely N-dealkylation sites (tertiary alicyclic amines) is 1. The number of nitrogens with one attached hydrogen (secondary N) is 2. The molecule has 2 aromatic carbocycles. The minimum absolute atomic E-state index is 0.123. The van der Waals surface area contributed by atoms with E-state index in [4.69, 9.17) is 0 Å². The second-order valence-electron chi connectivity index (χ2n) is 10.1. The Bertz CT molecular complexity index is 1740. The molecule has 0 atom stereocenters. The van der Waals surface area contributed by atoms with Gasteiger partial charge in [0.15, 0.2) is 5.82 Å². The Morgan fingerprint density at radius 2 is 1.80 bits per heavy atom. The monoisotopic (exact) mass is 556 g/mol. The number of hydrogen-bond donors (Lipinski definition) is 2. The molecule has 4 heterocycles. The van der Waals surface area contributed by atoms with Crippen molar-refractivity contribution in [2.45, 2.75) is 12.5 Å². The van der Waals surface area contributed by atoms with Gasteiger partial charge >= 0.3 is 0 Å². The standard InChI is InChI=1S/C29H26F2N8O2/c1-37(2)26(40)14-39-23-12-20(4-3-19(23)11-24(39)28(41)38-15-29(30,31)16-38)27-33-10-9-25(36-27)35-21-7-5-18(6-8-21)22-13-32-17-34-22/h3-13,17H,14-16H2,1-2H3,(H,32,34)(H,33,35,36). The number of carbonyl (C=O) groups is 2. The Morgan fingerprint density at radius 1 is 1.05 bits per heavy atom. The molecule has 2 amide bonds. The van der Waals surface area contributed by atoms with Crippen LogP contribution in [0.25, 0.3) is 33.5 Å². The Balaban J connectivity index is 1.30. The van der Waals surface area contributed by atoms with Gasteiger partial charge in [0, 0.05) is 42.4 Å². The first-order valence-electron chi connectivity index (χ1n) is 12.9. The molecule has 0 bridgehead atoms. The fourth-order valence-electron chi connectivity index (χ4n) is 4.70. The van der Waals surface area contributed by atoms with Crippen molar-refractivity contribution in [1.82, 2.24) is 34.3 Å². The highest BCUT2D eigenvalue weighted by Gasteiger charge is 2.47. The molecule has 0 spiro atoms. The zero-order chi connectivity index (χ0) is 28.7. The molecule has 1 saturated heterocycles. The highest BCUT2D eigenvalue weighted by molar-refractivity contribution is 6.00. The zero-order valence-corrected chi connectivity index (χ0v) is 22.3. The fraction of sp³-hybridized carbons (Fsp3) is 0.207. The van der Waals surface area contributed by atoms with E-state index in [1.165, 1.54) is 4.90 Å². The second kappa shape index (κ2) is 10.1. The molecular formula is C29H26F2N8O2. The van der Waals surface area contributed by atoms with Gasteiger partial charge in [-0.2, -0.15) is 0 Å². The molecule has 3 aromatic heterocycles. The van der Waals surface area contributed by atoms with Crippen LogP contribution < -0.4 is 5.32 Å². The zero-order valence-electron chi connectivity index (χ0n) is 22.3. The number of rotatable bonds is 7. The lowest BCUT2D eigenvalue weighted by atomic mass is 10.1. The van der Waals surface area contributed by atoms with E-state index < -0.39 is 24.9 Å². The van der Waals surface area contributed by atoms with Crippen LogP contribution in [0.4, 0.5) is 20.3 Å². The molecule has 1 aliphatic rings. The van der Waals surface area contributed by atoms with Crippen molar-refractivity contribution in [3.05, 3.63) is 79.0 Å². The summed E-state index contributed by atoms with van der Waals surface area (Å²) >= 11 is 0. The first-order chi connectivity index (χ1) is 19.7. The van der Waals surface area contributed by atoms with Crippen LogP contribution in [-0.4, -0.2) is 79.2 Å². The highest BCUT2D eigenvalue weighted by Crippen LogP contribution is 2.31. The molecule has 1 fully saturated rings. The molecule has 1 aliphatic heterocycles. The number of benzene rings is 2. The minimum atomic E-state index is -2.89. The lowest BCUT2D eigenvalue weighted by Crippen LogP contribution is -2.58. The fourth-order valence-corrected chi connectivity index (χ4v) is 4.70. The van der Waals surface area contributed by atoms with Gasteiger partial charge in [0.25, 0.3) is 11.8 Å². The summed E-state index contributed by atoms with van der Waals surface area (Å²) in [6, 6.07) is 16.6. The van der Waals surface area contributed by atoms with Crippen LogP contribution in [0.5, 0.6) is 0 Å². The molecule has 12 heteroatoms. The number of H-pyrrole nitrogens is 1. The lowest BCUT2D eigenvalue weighted by Gasteiger charge is -2.38. The maximum Gasteiger partial charge on any atom is 0.282 e. The van der Waals surface area contributed by atoms with Crippen LogP contribution in [-0.2, 0) is 11.3 Å². The number of likely N-dealkylation sites (N-methyl/N-ethyl adjacent to an activating group) is 1. The molecule has 5 aromatic rings. The number of alkyl halides is 2. The normalized spacial score (nSPS) is 14.1. The predicted octanol–water partition coefficient (Wildman–Crippen LogP) is 4.41. The molecule has 208 valence electrons. The number of carbonyl (C=O) groups excluding carboxylic acids is 2. The Morgan fingerprint density at radius 3 is 2.49 bits per heavy atom. The smallest absolute Gasteiger partial charge is 0.282 e. The Hall–Kier alpha value is -5.13. The van der Waals surface area contributed by atoms with Gasteiger partial charge in [-0.25, -0.2) is 23.7 Å². The van der Waals surface area contributed by atoms with Gasteiger partial charge < -0.3 is 24.7 Å². The number of anilines is 2. The van der Waals surface area contributed by atoms with E-state index in [1.54, 1.807) is 61.6 Å². The second-order valence-corrected chi connectivity index (χ2v) is 10.1. The molecule has 2 N–H and O–H groups in total. The average molecular weight is 557 g/mol. The first kappa shape index (κ1) is 26.1. The van der Waals surface area contributed by atoms with E-state index in [9.17, 15) is 18.4 Å². The minimum Gasteiger partial charge on any atom is -0.347 e. The van der Waals surface area contributed by atoms with Gasteiger partial charge in [-0.3, -0.25) is 9.59 Å². The summed E-state index contributed by atoms with van der Waals surface area (Å²) in [5.41, 5.74) is 4.20. The van der Waals surface area contributed by atoms with Crippen LogP contribution in [0, 0.1) is 0 Å². The molecule has 10 nitrogen and oxygen atoms in total. The van der Waals surface area contributed by atoms with E-state index in [0.29, 0.717) is 28.1 Å². The predicted molar refractivity (Wildman–Crippen MR) is 150 cm³/mol. The summed E-state index contributed by atoms with van der Waals surface area (Å²) in [4.78, 5) is 44.5. The van der Waals surface area contributed by atoms with Crippen LogP contribution in [0.2, 0.25) is 0 Å². The quantitative estimate of drug-likeness (QED) is 0.307. The number of fused-ring (bicyclic) bond motifs is 1. The van der Waals surface area contributed by atoms with Crippen LogP contribution >= 0.6 is 0 Å². The van der Waals surface area contributed by atoms with Gasteiger partial charge in [0.05, 0.1) is 31.3 Å². The number of nitrogens with zero attached hydrogens (tertiary/aromatic N) is 6. The van der Waals surface area contributed by atoms with Crippen molar-refractivity contribution in [3.63, 3.8) is 0 Å². The maximum atomic E-state index is 13.5. The number of amides is 2. The van der Waals surface area contributed by atoms with Crippen molar-refractivity contribution in [1.29, 1.82) is 0 Å². The number of aromatic amines is 1. The summed E-state index contributed by atoms with van der Waals surface area (Å²) < 4.78 is 28.5. The molecule has 0 unspecified atom stereocenters. The molecular weight excluding hydrogens is 530 g/mol. The third kappa shape index (κ3) is 5.23. The molecule has 0 radical (unpaired) electrons. The van der Waals surface area contributed by atoms with Crippen molar-refractivity contribution < 1.29 is 18.4 Å². The third-order valence-corrected chi connectivity index (χ3v) is 6.93. The number of imidazole rings is 1. The average Bonchev–Trinajstić information content (AvgIpc) is 3.60. The maximum absolute atomic E-state index is 13.5. The number of aromatic nitrogens is 5. The van der Waals surface area contributed by atoms with Crippen LogP contribution in [0.3, 0.4) is 0 Å². The van der Waals surface area contributed by atoms with Crippen molar-refractivity contribution >= 4 is 34.2 Å².